The van der Waals surface area contributed by atoms with Crippen molar-refractivity contribution in [2.45, 2.75) is 25.7 Å². The van der Waals surface area contributed by atoms with E-state index in [0.29, 0.717) is 12.6 Å². The molecule has 1 heterocycles. The molecule has 0 radical (unpaired) electrons. The first-order chi connectivity index (χ1) is 8.47. The molecule has 1 saturated heterocycles. The fourth-order valence-electron chi connectivity index (χ4n) is 2.20. The van der Waals surface area contributed by atoms with Gasteiger partial charge in [-0.05, 0) is 18.6 Å². The maximum atomic E-state index is 12.6. The Hall–Kier alpha value is -0.780. The maximum Gasteiger partial charge on any atom is 0.416 e. The molecule has 0 aromatic heterocycles. The van der Waals surface area contributed by atoms with Crippen molar-refractivity contribution in [3.63, 3.8) is 0 Å². The van der Waals surface area contributed by atoms with Crippen molar-refractivity contribution < 1.29 is 13.2 Å². The van der Waals surface area contributed by atoms with E-state index in [1.165, 1.54) is 12.1 Å². The lowest BCUT2D eigenvalue weighted by Gasteiger charge is -2.34. The van der Waals surface area contributed by atoms with E-state index < -0.39 is 11.7 Å². The summed E-state index contributed by atoms with van der Waals surface area (Å²) in [5, 5.41) is 3.26. The standard InChI is InChI=1S/C13H17F3N2.ClH/c1-10-8-17-5-6-18(10)9-11-3-2-4-12(7-11)13(14,15)16;/h2-4,7,10,17H,5-6,8-9H2,1H3;1H/t10-;/m0./s1. The number of alkyl halides is 3. The number of benzene rings is 1. The summed E-state index contributed by atoms with van der Waals surface area (Å²) in [5.41, 5.74) is 0.154. The third-order valence-electron chi connectivity index (χ3n) is 3.28. The number of halogens is 4. The van der Waals surface area contributed by atoms with E-state index in [1.54, 1.807) is 6.07 Å². The van der Waals surface area contributed by atoms with Crippen molar-refractivity contribution in [3.05, 3.63) is 35.4 Å². The average Bonchev–Trinajstić information content (AvgIpc) is 2.31. The predicted molar refractivity (Wildman–Crippen MR) is 71.4 cm³/mol. The molecule has 0 saturated carbocycles. The highest BCUT2D eigenvalue weighted by Crippen LogP contribution is 2.29. The van der Waals surface area contributed by atoms with E-state index in [4.69, 9.17) is 0 Å². The van der Waals surface area contributed by atoms with Gasteiger partial charge < -0.3 is 5.32 Å². The summed E-state index contributed by atoms with van der Waals surface area (Å²) in [4.78, 5) is 2.20. The Bertz CT molecular complexity index is 409. The second-order valence-corrected chi connectivity index (χ2v) is 4.72. The molecule has 0 bridgehead atoms. The van der Waals surface area contributed by atoms with Crippen molar-refractivity contribution >= 4 is 12.4 Å². The van der Waals surface area contributed by atoms with Gasteiger partial charge in [0.05, 0.1) is 5.56 Å². The molecule has 2 rings (SSSR count). The summed E-state index contributed by atoms with van der Waals surface area (Å²) in [7, 11) is 0. The summed E-state index contributed by atoms with van der Waals surface area (Å²) in [6.45, 7) is 5.31. The van der Waals surface area contributed by atoms with Crippen LogP contribution in [0.3, 0.4) is 0 Å². The van der Waals surface area contributed by atoms with Gasteiger partial charge in [-0.3, -0.25) is 4.90 Å². The van der Waals surface area contributed by atoms with Gasteiger partial charge in [0.2, 0.25) is 0 Å². The number of hydrogen-bond donors (Lipinski definition) is 1. The Kier molecular flexibility index (Phi) is 5.64. The lowest BCUT2D eigenvalue weighted by Crippen LogP contribution is -2.49. The third kappa shape index (κ3) is 4.37. The van der Waals surface area contributed by atoms with E-state index >= 15 is 0 Å². The van der Waals surface area contributed by atoms with Gasteiger partial charge in [-0.15, -0.1) is 12.4 Å². The Labute approximate surface area is 117 Å². The van der Waals surface area contributed by atoms with Crippen molar-refractivity contribution in [1.29, 1.82) is 0 Å². The van der Waals surface area contributed by atoms with Crippen LogP contribution in [-0.2, 0) is 12.7 Å². The summed E-state index contributed by atoms with van der Waals surface area (Å²) in [6, 6.07) is 5.95. The van der Waals surface area contributed by atoms with Gasteiger partial charge in [-0.2, -0.15) is 13.2 Å². The van der Waals surface area contributed by atoms with Crippen LogP contribution in [0.4, 0.5) is 13.2 Å². The molecule has 1 atom stereocenters. The first-order valence-electron chi connectivity index (χ1n) is 6.08. The molecule has 1 aromatic rings. The molecule has 19 heavy (non-hydrogen) atoms. The van der Waals surface area contributed by atoms with E-state index in [0.717, 1.165) is 31.3 Å². The highest BCUT2D eigenvalue weighted by atomic mass is 35.5. The smallest absolute Gasteiger partial charge is 0.314 e. The van der Waals surface area contributed by atoms with Crippen LogP contribution < -0.4 is 5.32 Å². The van der Waals surface area contributed by atoms with Crippen LogP contribution >= 0.6 is 12.4 Å². The number of nitrogens with one attached hydrogen (secondary N) is 1. The molecular formula is C13H18ClF3N2. The van der Waals surface area contributed by atoms with Crippen molar-refractivity contribution in [2.24, 2.45) is 0 Å². The van der Waals surface area contributed by atoms with Gasteiger partial charge >= 0.3 is 6.18 Å². The van der Waals surface area contributed by atoms with Gasteiger partial charge in [-0.25, -0.2) is 0 Å². The number of rotatable bonds is 2. The molecule has 0 amide bonds. The molecule has 1 aliphatic rings. The number of hydrogen-bond acceptors (Lipinski definition) is 2. The number of piperazine rings is 1. The predicted octanol–water partition coefficient (Wildman–Crippen LogP) is 2.92. The lowest BCUT2D eigenvalue weighted by atomic mass is 10.1. The minimum Gasteiger partial charge on any atom is -0.314 e. The quantitative estimate of drug-likeness (QED) is 0.902. The first-order valence-corrected chi connectivity index (χ1v) is 6.08. The molecule has 6 heteroatoms. The van der Waals surface area contributed by atoms with E-state index in [1.807, 2.05) is 0 Å². The zero-order valence-corrected chi connectivity index (χ0v) is 11.5. The maximum absolute atomic E-state index is 12.6. The van der Waals surface area contributed by atoms with Crippen LogP contribution in [0.1, 0.15) is 18.1 Å². The summed E-state index contributed by atoms with van der Waals surface area (Å²) >= 11 is 0. The van der Waals surface area contributed by atoms with E-state index in [9.17, 15) is 13.2 Å². The second-order valence-electron chi connectivity index (χ2n) is 4.72. The summed E-state index contributed by atoms with van der Waals surface area (Å²) < 4.78 is 37.8. The van der Waals surface area contributed by atoms with Gasteiger partial charge in [-0.1, -0.05) is 18.2 Å². The molecular weight excluding hydrogens is 277 g/mol. The van der Waals surface area contributed by atoms with Crippen LogP contribution in [0.5, 0.6) is 0 Å². The van der Waals surface area contributed by atoms with Crippen LogP contribution in [0.15, 0.2) is 24.3 Å². The number of nitrogens with zero attached hydrogens (tertiary/aromatic N) is 1. The molecule has 1 fully saturated rings. The Morgan fingerprint density at radius 2 is 2.11 bits per heavy atom. The lowest BCUT2D eigenvalue weighted by molar-refractivity contribution is -0.137. The SMILES string of the molecule is C[C@H]1CNCCN1Cc1cccc(C(F)(F)F)c1.Cl. The fourth-order valence-corrected chi connectivity index (χ4v) is 2.20. The van der Waals surface area contributed by atoms with Crippen LogP contribution in [0.25, 0.3) is 0 Å². The van der Waals surface area contributed by atoms with Gasteiger partial charge in [0, 0.05) is 32.2 Å². The second kappa shape index (κ2) is 6.59. The molecule has 0 unspecified atom stereocenters. The monoisotopic (exact) mass is 294 g/mol. The fraction of sp³-hybridized carbons (Fsp3) is 0.538. The van der Waals surface area contributed by atoms with Gasteiger partial charge in [0.25, 0.3) is 0 Å². The molecule has 1 aliphatic heterocycles. The van der Waals surface area contributed by atoms with E-state index in [2.05, 4.69) is 17.1 Å². The van der Waals surface area contributed by atoms with Gasteiger partial charge in [0.15, 0.2) is 0 Å². The van der Waals surface area contributed by atoms with E-state index in [-0.39, 0.29) is 12.4 Å². The van der Waals surface area contributed by atoms with Crippen molar-refractivity contribution in [1.82, 2.24) is 10.2 Å². The molecule has 0 spiro atoms. The normalized spacial score (nSPS) is 20.9. The van der Waals surface area contributed by atoms with Crippen molar-refractivity contribution in [3.8, 4) is 0 Å². The molecule has 0 aliphatic carbocycles. The highest BCUT2D eigenvalue weighted by Gasteiger charge is 2.30. The minimum atomic E-state index is -4.26. The summed E-state index contributed by atoms with van der Waals surface area (Å²) in [6.07, 6.45) is -4.26. The Morgan fingerprint density at radius 1 is 1.37 bits per heavy atom. The summed E-state index contributed by atoms with van der Waals surface area (Å²) in [5.74, 6) is 0. The van der Waals surface area contributed by atoms with Crippen LogP contribution in [0, 0.1) is 0 Å². The van der Waals surface area contributed by atoms with Crippen LogP contribution in [-0.4, -0.2) is 30.6 Å². The molecule has 2 nitrogen and oxygen atoms in total. The Morgan fingerprint density at radius 3 is 2.74 bits per heavy atom. The molecule has 1 N–H and O–H groups in total. The molecule has 1 aromatic carbocycles. The Balaban J connectivity index is 0.00000180. The zero-order valence-electron chi connectivity index (χ0n) is 10.7. The molecule has 108 valence electrons. The van der Waals surface area contributed by atoms with Gasteiger partial charge in [0.1, 0.15) is 0 Å². The third-order valence-corrected chi connectivity index (χ3v) is 3.28. The van der Waals surface area contributed by atoms with Crippen LogP contribution in [0.2, 0.25) is 0 Å². The van der Waals surface area contributed by atoms with Crippen molar-refractivity contribution in [2.75, 3.05) is 19.6 Å². The largest absolute Gasteiger partial charge is 0.416 e. The average molecular weight is 295 g/mol. The highest BCUT2D eigenvalue weighted by molar-refractivity contribution is 5.85. The minimum absolute atomic E-state index is 0. The first kappa shape index (κ1) is 16.3. The topological polar surface area (TPSA) is 15.3 Å². The zero-order chi connectivity index (χ0) is 13.2.